The maximum atomic E-state index is 14.1. The summed E-state index contributed by atoms with van der Waals surface area (Å²) in [7, 11) is 0. The van der Waals surface area contributed by atoms with E-state index in [1.165, 1.54) is 15.9 Å². The number of benzene rings is 2. The van der Waals surface area contributed by atoms with E-state index in [-0.39, 0.29) is 11.5 Å². The molecule has 0 saturated heterocycles. The first-order valence-electron chi connectivity index (χ1n) is 12.7. The van der Waals surface area contributed by atoms with Crippen LogP contribution in [0.3, 0.4) is 0 Å². The van der Waals surface area contributed by atoms with Crippen LogP contribution in [0.15, 0.2) is 39.9 Å². The lowest BCUT2D eigenvalue weighted by Crippen LogP contribution is -2.39. The maximum Gasteiger partial charge on any atom is 0.337 e. The van der Waals surface area contributed by atoms with Crippen molar-refractivity contribution in [3.63, 3.8) is 0 Å². The topological polar surface area (TPSA) is 64.3 Å². The van der Waals surface area contributed by atoms with E-state index < -0.39 is 5.69 Å². The molecule has 4 rings (SSSR count). The van der Waals surface area contributed by atoms with E-state index >= 15 is 0 Å². The highest BCUT2D eigenvalue weighted by Crippen LogP contribution is 2.30. The van der Waals surface area contributed by atoms with E-state index in [0.717, 1.165) is 33.4 Å². The van der Waals surface area contributed by atoms with Crippen molar-refractivity contribution in [2.24, 2.45) is 0 Å². The molecule has 1 amide bonds. The van der Waals surface area contributed by atoms with Gasteiger partial charge >= 0.3 is 5.69 Å². The number of rotatable bonds is 6. The molecule has 0 unspecified atom stereocenters. The molecule has 0 aliphatic rings. The van der Waals surface area contributed by atoms with Crippen molar-refractivity contribution in [3.05, 3.63) is 95.0 Å². The lowest BCUT2D eigenvalue weighted by atomic mass is 10.00. The van der Waals surface area contributed by atoms with Crippen LogP contribution in [0.2, 0.25) is 0 Å². The fourth-order valence-electron chi connectivity index (χ4n) is 5.05. The molecule has 0 radical (unpaired) electrons. The average Bonchev–Trinajstić information content (AvgIpc) is 3.18. The van der Waals surface area contributed by atoms with Gasteiger partial charge in [-0.3, -0.25) is 14.2 Å². The number of carbonyl (C=O) groups is 1. The number of thiophene rings is 1. The molecular formula is C30H35N3O3S. The van der Waals surface area contributed by atoms with Crippen LogP contribution in [0.1, 0.15) is 62.5 Å². The third kappa shape index (κ3) is 4.57. The Morgan fingerprint density at radius 2 is 1.49 bits per heavy atom. The highest BCUT2D eigenvalue weighted by molar-refractivity contribution is 7.20. The molecule has 2 heterocycles. The fourth-order valence-corrected chi connectivity index (χ4v) is 6.31. The lowest BCUT2D eigenvalue weighted by Gasteiger charge is -2.17. The van der Waals surface area contributed by atoms with E-state index in [0.29, 0.717) is 46.0 Å². The number of hydrogen-bond acceptors (Lipinski definition) is 4. The monoisotopic (exact) mass is 517 g/mol. The number of carbonyl (C=O) groups excluding carboxylic acids is 1. The van der Waals surface area contributed by atoms with Gasteiger partial charge in [0.1, 0.15) is 4.83 Å². The average molecular weight is 518 g/mol. The van der Waals surface area contributed by atoms with Crippen molar-refractivity contribution in [3.8, 4) is 5.69 Å². The molecule has 0 aliphatic carbocycles. The third-order valence-corrected chi connectivity index (χ3v) is 8.67. The van der Waals surface area contributed by atoms with E-state index in [9.17, 15) is 14.4 Å². The van der Waals surface area contributed by atoms with Crippen molar-refractivity contribution in [2.45, 2.75) is 61.9 Å². The highest BCUT2D eigenvalue weighted by Gasteiger charge is 2.26. The van der Waals surface area contributed by atoms with E-state index in [1.807, 2.05) is 66.7 Å². The summed E-state index contributed by atoms with van der Waals surface area (Å²) in [6.07, 6.45) is 0. The van der Waals surface area contributed by atoms with E-state index in [1.54, 1.807) is 9.47 Å². The van der Waals surface area contributed by atoms with Crippen LogP contribution in [-0.2, 0) is 6.54 Å². The second-order valence-corrected chi connectivity index (χ2v) is 10.9. The largest absolute Gasteiger partial charge is 0.338 e. The smallest absolute Gasteiger partial charge is 0.337 e. The first-order valence-corrected chi connectivity index (χ1v) is 13.5. The zero-order valence-electron chi connectivity index (χ0n) is 23.0. The summed E-state index contributed by atoms with van der Waals surface area (Å²) in [6.45, 7) is 17.3. The quantitative estimate of drug-likeness (QED) is 0.335. The van der Waals surface area contributed by atoms with Gasteiger partial charge in [0.25, 0.3) is 11.5 Å². The van der Waals surface area contributed by atoms with Gasteiger partial charge in [-0.1, -0.05) is 23.8 Å². The third-order valence-electron chi connectivity index (χ3n) is 7.36. The number of nitrogens with zero attached hydrogens (tertiary/aromatic N) is 3. The molecule has 37 heavy (non-hydrogen) atoms. The molecule has 0 saturated carbocycles. The summed E-state index contributed by atoms with van der Waals surface area (Å²) in [5.41, 5.74) is 6.86. The molecule has 0 atom stereocenters. The Bertz CT molecular complexity index is 1630. The van der Waals surface area contributed by atoms with Gasteiger partial charge in [0, 0.05) is 13.1 Å². The minimum Gasteiger partial charge on any atom is -0.338 e. The number of fused-ring (bicyclic) bond motifs is 1. The van der Waals surface area contributed by atoms with Gasteiger partial charge in [-0.15, -0.1) is 11.3 Å². The number of hydrogen-bond donors (Lipinski definition) is 0. The van der Waals surface area contributed by atoms with Gasteiger partial charge in [0.05, 0.1) is 22.5 Å². The van der Waals surface area contributed by atoms with Crippen molar-refractivity contribution < 1.29 is 4.79 Å². The van der Waals surface area contributed by atoms with Gasteiger partial charge < -0.3 is 4.90 Å². The number of aromatic nitrogens is 2. The van der Waals surface area contributed by atoms with Crippen LogP contribution in [0.5, 0.6) is 0 Å². The fraction of sp³-hybridized carbons (Fsp3) is 0.367. The van der Waals surface area contributed by atoms with Crippen LogP contribution < -0.4 is 11.2 Å². The van der Waals surface area contributed by atoms with Gasteiger partial charge in [-0.25, -0.2) is 9.36 Å². The van der Waals surface area contributed by atoms with Crippen molar-refractivity contribution in [2.75, 3.05) is 13.1 Å². The summed E-state index contributed by atoms with van der Waals surface area (Å²) in [6, 6.07) is 9.83. The minimum atomic E-state index is -0.400. The van der Waals surface area contributed by atoms with Crippen molar-refractivity contribution in [1.29, 1.82) is 0 Å². The van der Waals surface area contributed by atoms with Crippen LogP contribution in [-0.4, -0.2) is 33.0 Å². The number of amides is 1. The van der Waals surface area contributed by atoms with Crippen LogP contribution in [0, 0.1) is 41.5 Å². The predicted molar refractivity (Wildman–Crippen MR) is 153 cm³/mol. The Kier molecular flexibility index (Phi) is 7.29. The lowest BCUT2D eigenvalue weighted by molar-refractivity contribution is 0.0777. The van der Waals surface area contributed by atoms with Crippen molar-refractivity contribution >= 4 is 27.5 Å². The van der Waals surface area contributed by atoms with Gasteiger partial charge in [0.2, 0.25) is 0 Å². The second-order valence-electron chi connectivity index (χ2n) is 9.87. The SMILES string of the molecule is CCN(CC)C(=O)c1sc2c(c1C)c(=O)n(-c1ccc(C)c(C)c1)c(=O)n2Cc1c(C)cc(C)cc1C. The molecule has 194 valence electrons. The zero-order valence-corrected chi connectivity index (χ0v) is 23.8. The minimum absolute atomic E-state index is 0.109. The molecule has 4 aromatic rings. The first kappa shape index (κ1) is 26.6. The molecule has 0 spiro atoms. The molecule has 7 heteroatoms. The van der Waals surface area contributed by atoms with Crippen molar-refractivity contribution in [1.82, 2.24) is 14.0 Å². The van der Waals surface area contributed by atoms with Gasteiger partial charge in [-0.05, 0) is 101 Å². The number of aryl methyl sites for hydroxylation is 6. The summed E-state index contributed by atoms with van der Waals surface area (Å²) in [5, 5.41) is 0.431. The maximum absolute atomic E-state index is 14.1. The van der Waals surface area contributed by atoms with E-state index in [2.05, 4.69) is 19.1 Å². The van der Waals surface area contributed by atoms with E-state index in [4.69, 9.17) is 0 Å². The molecule has 2 aromatic heterocycles. The summed E-state index contributed by atoms with van der Waals surface area (Å²) >= 11 is 1.25. The summed E-state index contributed by atoms with van der Waals surface area (Å²) < 4.78 is 2.94. The van der Waals surface area contributed by atoms with Gasteiger partial charge in [0.15, 0.2) is 0 Å². The van der Waals surface area contributed by atoms with Gasteiger partial charge in [-0.2, -0.15) is 0 Å². The van der Waals surface area contributed by atoms with Crippen LogP contribution in [0.4, 0.5) is 0 Å². The summed E-state index contributed by atoms with van der Waals surface area (Å²) in [5.74, 6) is -0.109. The predicted octanol–water partition coefficient (Wildman–Crippen LogP) is 5.59. The molecule has 0 N–H and O–H groups in total. The normalized spacial score (nSPS) is 11.4. The molecule has 0 fully saturated rings. The standard InChI is InChI=1S/C30H35N3O3S/c1-9-31(10-2)28(35)26-22(8)25-27(34)33(23-12-11-18(4)19(5)15-23)30(36)32(29(25)37-26)16-24-20(6)13-17(3)14-21(24)7/h11-15H,9-10,16H2,1-8H3. The molecular weight excluding hydrogens is 482 g/mol. The van der Waals surface area contributed by atoms with Crippen LogP contribution >= 0.6 is 11.3 Å². The summed E-state index contributed by atoms with van der Waals surface area (Å²) in [4.78, 5) is 44.2. The Balaban J connectivity index is 2.10. The van der Waals surface area contributed by atoms with Crippen LogP contribution in [0.25, 0.3) is 15.9 Å². The second kappa shape index (κ2) is 10.1. The molecule has 0 aliphatic heterocycles. The molecule has 0 bridgehead atoms. The Morgan fingerprint density at radius 1 is 0.865 bits per heavy atom. The molecule has 6 nitrogen and oxygen atoms in total. The first-order chi connectivity index (χ1) is 17.5. The zero-order chi connectivity index (χ0) is 27.2. The Morgan fingerprint density at radius 3 is 2.05 bits per heavy atom. The Hall–Kier alpha value is -3.45. The highest BCUT2D eigenvalue weighted by atomic mass is 32.1. The Labute approximate surface area is 221 Å². The molecule has 2 aromatic carbocycles.